The molecule has 0 spiro atoms. The molecule has 1 aliphatic rings. The molecule has 1 saturated heterocycles. The van der Waals surface area contributed by atoms with Crippen molar-refractivity contribution in [3.8, 4) is 0 Å². The quantitative estimate of drug-likeness (QED) is 0.773. The molecule has 1 aliphatic heterocycles. The van der Waals surface area contributed by atoms with Crippen LogP contribution in [0.3, 0.4) is 0 Å². The molecule has 0 atom stereocenters. The zero-order valence-electron chi connectivity index (χ0n) is 10.7. The van der Waals surface area contributed by atoms with E-state index in [1.165, 1.54) is 24.0 Å². The minimum absolute atomic E-state index is 0.212. The van der Waals surface area contributed by atoms with E-state index in [1.54, 1.807) is 0 Å². The van der Waals surface area contributed by atoms with E-state index in [0.717, 1.165) is 19.5 Å². The summed E-state index contributed by atoms with van der Waals surface area (Å²) in [6, 6.07) is 9.02. The Balaban J connectivity index is 1.91. The van der Waals surface area contributed by atoms with Gasteiger partial charge in [-0.15, -0.1) is 0 Å². The molecule has 1 nitrogen and oxygen atoms in total. The topological polar surface area (TPSA) is 3.24 Å². The number of nitrogens with zero attached hydrogens (tertiary/aromatic N) is 1. The Morgan fingerprint density at radius 3 is 2.35 bits per heavy atom. The fourth-order valence-electron chi connectivity index (χ4n) is 2.63. The minimum Gasteiger partial charge on any atom is -0.301 e. The van der Waals surface area contributed by atoms with Crippen LogP contribution in [0, 0.1) is 0 Å². The molecule has 1 fully saturated rings. The summed E-state index contributed by atoms with van der Waals surface area (Å²) in [5, 5.41) is 0. The SMILES string of the molecule is CCc1ccc(C2CCN(CCF)CC2)cc1. The van der Waals surface area contributed by atoms with E-state index in [1.807, 2.05) is 0 Å². The lowest BCUT2D eigenvalue weighted by molar-refractivity contribution is 0.197. The van der Waals surface area contributed by atoms with E-state index in [-0.39, 0.29) is 6.67 Å². The first kappa shape index (κ1) is 12.6. The van der Waals surface area contributed by atoms with Crippen molar-refractivity contribution in [2.24, 2.45) is 0 Å². The van der Waals surface area contributed by atoms with Gasteiger partial charge >= 0.3 is 0 Å². The van der Waals surface area contributed by atoms with Crippen LogP contribution in [0.2, 0.25) is 0 Å². The maximum Gasteiger partial charge on any atom is 0.102 e. The van der Waals surface area contributed by atoms with Crippen LogP contribution in [0.4, 0.5) is 4.39 Å². The van der Waals surface area contributed by atoms with Crippen molar-refractivity contribution >= 4 is 0 Å². The van der Waals surface area contributed by atoms with Gasteiger partial charge in [0.25, 0.3) is 0 Å². The Labute approximate surface area is 104 Å². The van der Waals surface area contributed by atoms with Gasteiger partial charge in [0.05, 0.1) is 0 Å². The number of likely N-dealkylation sites (tertiary alicyclic amines) is 1. The van der Waals surface area contributed by atoms with Crippen molar-refractivity contribution in [3.63, 3.8) is 0 Å². The van der Waals surface area contributed by atoms with E-state index in [2.05, 4.69) is 36.1 Å². The van der Waals surface area contributed by atoms with E-state index in [0.29, 0.717) is 12.5 Å². The van der Waals surface area contributed by atoms with Gasteiger partial charge in [-0.1, -0.05) is 31.2 Å². The molecule has 0 aliphatic carbocycles. The molecule has 0 aromatic heterocycles. The van der Waals surface area contributed by atoms with Crippen LogP contribution in [0.5, 0.6) is 0 Å². The normalized spacial score (nSPS) is 18.5. The summed E-state index contributed by atoms with van der Waals surface area (Å²) in [5.74, 6) is 0.678. The minimum atomic E-state index is -0.212. The summed E-state index contributed by atoms with van der Waals surface area (Å²) in [7, 11) is 0. The molecule has 0 saturated carbocycles. The molecule has 2 rings (SSSR count). The molecule has 1 aromatic rings. The number of hydrogen-bond acceptors (Lipinski definition) is 1. The van der Waals surface area contributed by atoms with Gasteiger partial charge in [-0.25, -0.2) is 4.39 Å². The largest absolute Gasteiger partial charge is 0.301 e. The van der Waals surface area contributed by atoms with Crippen LogP contribution in [0.25, 0.3) is 0 Å². The Morgan fingerprint density at radius 1 is 1.18 bits per heavy atom. The van der Waals surface area contributed by atoms with Gasteiger partial charge in [-0.2, -0.15) is 0 Å². The van der Waals surface area contributed by atoms with Crippen molar-refractivity contribution < 1.29 is 4.39 Å². The highest BCUT2D eigenvalue weighted by molar-refractivity contribution is 5.25. The fraction of sp³-hybridized carbons (Fsp3) is 0.600. The summed E-state index contributed by atoms with van der Waals surface area (Å²) in [6.45, 7) is 4.68. The predicted octanol–water partition coefficient (Wildman–Crippen LogP) is 3.40. The van der Waals surface area contributed by atoms with E-state index in [9.17, 15) is 4.39 Å². The summed E-state index contributed by atoms with van der Waals surface area (Å²) >= 11 is 0. The van der Waals surface area contributed by atoms with Gasteiger partial charge < -0.3 is 4.90 Å². The summed E-state index contributed by atoms with van der Waals surface area (Å²) in [4.78, 5) is 2.23. The monoisotopic (exact) mass is 235 g/mol. The zero-order valence-corrected chi connectivity index (χ0v) is 10.7. The summed E-state index contributed by atoms with van der Waals surface area (Å²) < 4.78 is 12.2. The van der Waals surface area contributed by atoms with Gasteiger partial charge in [0.2, 0.25) is 0 Å². The maximum atomic E-state index is 12.2. The average Bonchev–Trinajstić information content (AvgIpc) is 2.40. The number of benzene rings is 1. The molecular weight excluding hydrogens is 213 g/mol. The standard InChI is InChI=1S/C15H22FN/c1-2-13-3-5-14(6-4-13)15-7-10-17(11-8-15)12-9-16/h3-6,15H,2,7-12H2,1H3. The Kier molecular flexibility index (Phi) is 4.55. The molecule has 17 heavy (non-hydrogen) atoms. The van der Waals surface area contributed by atoms with Gasteiger partial charge in [0, 0.05) is 6.54 Å². The van der Waals surface area contributed by atoms with Crippen LogP contribution in [-0.2, 0) is 6.42 Å². The van der Waals surface area contributed by atoms with Crippen molar-refractivity contribution in [1.82, 2.24) is 4.90 Å². The number of hydrogen-bond donors (Lipinski definition) is 0. The van der Waals surface area contributed by atoms with Gasteiger partial charge in [0.1, 0.15) is 6.67 Å². The van der Waals surface area contributed by atoms with Crippen molar-refractivity contribution in [1.29, 1.82) is 0 Å². The lowest BCUT2D eigenvalue weighted by atomic mass is 9.89. The predicted molar refractivity (Wildman–Crippen MR) is 70.2 cm³/mol. The zero-order chi connectivity index (χ0) is 12.1. The summed E-state index contributed by atoms with van der Waals surface area (Å²) in [6.07, 6.45) is 3.45. The van der Waals surface area contributed by atoms with E-state index in [4.69, 9.17) is 0 Å². The first-order valence-electron chi connectivity index (χ1n) is 6.70. The second-order valence-electron chi connectivity index (χ2n) is 4.90. The average molecular weight is 235 g/mol. The number of rotatable bonds is 4. The van der Waals surface area contributed by atoms with Crippen LogP contribution in [-0.4, -0.2) is 31.2 Å². The van der Waals surface area contributed by atoms with E-state index < -0.39 is 0 Å². The third-order valence-electron chi connectivity index (χ3n) is 3.85. The molecule has 0 unspecified atom stereocenters. The third-order valence-corrected chi connectivity index (χ3v) is 3.85. The van der Waals surface area contributed by atoms with Crippen molar-refractivity contribution in [3.05, 3.63) is 35.4 Å². The molecule has 0 radical (unpaired) electrons. The second kappa shape index (κ2) is 6.15. The molecule has 94 valence electrons. The number of piperidine rings is 1. The van der Waals surface area contributed by atoms with Crippen molar-refractivity contribution in [2.75, 3.05) is 26.3 Å². The smallest absolute Gasteiger partial charge is 0.102 e. The molecule has 0 bridgehead atoms. The number of alkyl halides is 1. The van der Waals surface area contributed by atoms with Crippen LogP contribution >= 0.6 is 0 Å². The molecule has 1 heterocycles. The molecule has 0 N–H and O–H groups in total. The Morgan fingerprint density at radius 2 is 1.82 bits per heavy atom. The molecular formula is C15H22FN. The van der Waals surface area contributed by atoms with Crippen LogP contribution in [0.1, 0.15) is 36.8 Å². The summed E-state index contributed by atoms with van der Waals surface area (Å²) in [5.41, 5.74) is 2.87. The Hall–Kier alpha value is -0.890. The molecule has 2 heteroatoms. The van der Waals surface area contributed by atoms with Crippen LogP contribution in [0.15, 0.2) is 24.3 Å². The lowest BCUT2D eigenvalue weighted by Gasteiger charge is -2.31. The van der Waals surface area contributed by atoms with Crippen LogP contribution < -0.4 is 0 Å². The van der Waals surface area contributed by atoms with Gasteiger partial charge in [-0.05, 0) is 49.4 Å². The fourth-order valence-corrected chi connectivity index (χ4v) is 2.63. The van der Waals surface area contributed by atoms with E-state index >= 15 is 0 Å². The third kappa shape index (κ3) is 3.29. The lowest BCUT2D eigenvalue weighted by Crippen LogP contribution is -2.34. The first-order chi connectivity index (χ1) is 8.33. The molecule has 0 amide bonds. The highest BCUT2D eigenvalue weighted by atomic mass is 19.1. The maximum absolute atomic E-state index is 12.2. The Bertz CT molecular complexity index is 325. The highest BCUT2D eigenvalue weighted by Gasteiger charge is 2.19. The number of halogens is 1. The first-order valence-corrected chi connectivity index (χ1v) is 6.70. The highest BCUT2D eigenvalue weighted by Crippen LogP contribution is 2.28. The molecule has 1 aromatic carbocycles. The van der Waals surface area contributed by atoms with Gasteiger partial charge in [-0.3, -0.25) is 0 Å². The van der Waals surface area contributed by atoms with Crippen molar-refractivity contribution in [2.45, 2.75) is 32.1 Å². The second-order valence-corrected chi connectivity index (χ2v) is 4.90. The van der Waals surface area contributed by atoms with Gasteiger partial charge in [0.15, 0.2) is 0 Å². The number of aryl methyl sites for hydroxylation is 1.